The molecule has 0 aromatic rings. The lowest BCUT2D eigenvalue weighted by Gasteiger charge is -2.45. The molecule has 19 heavy (non-hydrogen) atoms. The monoisotopic (exact) mass is 267 g/mol. The Morgan fingerprint density at radius 3 is 2.63 bits per heavy atom. The zero-order chi connectivity index (χ0) is 14.0. The van der Waals surface area contributed by atoms with Crippen molar-refractivity contribution in [3.05, 3.63) is 0 Å². The van der Waals surface area contributed by atoms with Crippen LogP contribution in [0.2, 0.25) is 0 Å². The average Bonchev–Trinajstić information content (AvgIpc) is 2.35. The molecule has 1 aliphatic carbocycles. The van der Waals surface area contributed by atoms with Gasteiger partial charge in [0, 0.05) is 12.6 Å². The Bertz CT molecular complexity index is 331. The SMILES string of the molecule is CC1CCCC(CN2CCCC(C)C2C)(C(=O)O)C1. The number of rotatable bonds is 3. The second-order valence-corrected chi connectivity index (χ2v) is 7.12. The van der Waals surface area contributed by atoms with Gasteiger partial charge in [-0.25, -0.2) is 0 Å². The normalized spacial score (nSPS) is 41.1. The number of piperidine rings is 1. The molecule has 3 heteroatoms. The predicted molar refractivity (Wildman–Crippen MR) is 77.1 cm³/mol. The number of hydrogen-bond acceptors (Lipinski definition) is 2. The lowest BCUT2D eigenvalue weighted by Crippen LogP contribution is -2.51. The van der Waals surface area contributed by atoms with Gasteiger partial charge in [-0.15, -0.1) is 0 Å². The average molecular weight is 267 g/mol. The largest absolute Gasteiger partial charge is 0.481 e. The van der Waals surface area contributed by atoms with E-state index in [-0.39, 0.29) is 0 Å². The maximum absolute atomic E-state index is 11.9. The highest BCUT2D eigenvalue weighted by molar-refractivity contribution is 5.75. The van der Waals surface area contributed by atoms with Crippen molar-refractivity contribution < 1.29 is 9.90 Å². The first-order valence-electron chi connectivity index (χ1n) is 7.92. The van der Waals surface area contributed by atoms with E-state index in [1.807, 2.05) is 0 Å². The molecule has 2 rings (SSSR count). The summed E-state index contributed by atoms with van der Waals surface area (Å²) < 4.78 is 0. The zero-order valence-electron chi connectivity index (χ0n) is 12.7. The maximum Gasteiger partial charge on any atom is 0.310 e. The summed E-state index contributed by atoms with van der Waals surface area (Å²) in [4.78, 5) is 14.3. The van der Waals surface area contributed by atoms with Crippen molar-refractivity contribution in [1.82, 2.24) is 4.90 Å². The molecule has 1 heterocycles. The van der Waals surface area contributed by atoms with Crippen LogP contribution < -0.4 is 0 Å². The Labute approximate surface area is 117 Å². The fourth-order valence-corrected chi connectivity index (χ4v) is 4.10. The van der Waals surface area contributed by atoms with Crippen LogP contribution in [0.1, 0.15) is 59.3 Å². The van der Waals surface area contributed by atoms with Gasteiger partial charge < -0.3 is 5.11 Å². The summed E-state index contributed by atoms with van der Waals surface area (Å²) in [5, 5.41) is 9.76. The minimum Gasteiger partial charge on any atom is -0.481 e. The number of nitrogens with zero attached hydrogens (tertiary/aromatic N) is 1. The molecule has 3 nitrogen and oxygen atoms in total. The van der Waals surface area contributed by atoms with Crippen molar-refractivity contribution in [1.29, 1.82) is 0 Å². The fourth-order valence-electron chi connectivity index (χ4n) is 4.10. The van der Waals surface area contributed by atoms with Crippen LogP contribution in [0, 0.1) is 17.3 Å². The second kappa shape index (κ2) is 5.82. The summed E-state index contributed by atoms with van der Waals surface area (Å²) in [5.74, 6) is 0.687. The zero-order valence-corrected chi connectivity index (χ0v) is 12.7. The highest BCUT2D eigenvalue weighted by atomic mass is 16.4. The topological polar surface area (TPSA) is 40.5 Å². The number of carbonyl (C=O) groups is 1. The molecule has 1 N–H and O–H groups in total. The van der Waals surface area contributed by atoms with Crippen LogP contribution in [0.25, 0.3) is 0 Å². The van der Waals surface area contributed by atoms with E-state index in [0.29, 0.717) is 17.9 Å². The van der Waals surface area contributed by atoms with Crippen molar-refractivity contribution in [2.45, 2.75) is 65.3 Å². The quantitative estimate of drug-likeness (QED) is 0.852. The number of likely N-dealkylation sites (tertiary alicyclic amines) is 1. The van der Waals surface area contributed by atoms with Gasteiger partial charge >= 0.3 is 5.97 Å². The molecule has 0 aromatic carbocycles. The minimum atomic E-state index is -0.565. The van der Waals surface area contributed by atoms with Crippen molar-refractivity contribution in [3.8, 4) is 0 Å². The van der Waals surface area contributed by atoms with Gasteiger partial charge in [0.05, 0.1) is 5.41 Å². The molecule has 4 unspecified atom stereocenters. The molecule has 1 aliphatic heterocycles. The van der Waals surface area contributed by atoms with Gasteiger partial charge in [0.2, 0.25) is 0 Å². The van der Waals surface area contributed by atoms with E-state index in [1.165, 1.54) is 19.3 Å². The van der Waals surface area contributed by atoms with Gasteiger partial charge in [-0.2, -0.15) is 0 Å². The van der Waals surface area contributed by atoms with Crippen molar-refractivity contribution >= 4 is 5.97 Å². The molecule has 0 aromatic heterocycles. The molecule has 2 fully saturated rings. The van der Waals surface area contributed by atoms with E-state index in [2.05, 4.69) is 25.7 Å². The summed E-state index contributed by atoms with van der Waals surface area (Å²) in [6.07, 6.45) is 6.50. The smallest absolute Gasteiger partial charge is 0.310 e. The molecule has 0 spiro atoms. The third-order valence-electron chi connectivity index (χ3n) is 5.56. The lowest BCUT2D eigenvalue weighted by molar-refractivity contribution is -0.154. The fraction of sp³-hybridized carbons (Fsp3) is 0.938. The first-order valence-corrected chi connectivity index (χ1v) is 7.92. The van der Waals surface area contributed by atoms with Gasteiger partial charge in [0.25, 0.3) is 0 Å². The van der Waals surface area contributed by atoms with Crippen LogP contribution in [0.5, 0.6) is 0 Å². The molecular formula is C16H29NO2. The van der Waals surface area contributed by atoms with E-state index in [9.17, 15) is 9.90 Å². The van der Waals surface area contributed by atoms with Crippen LogP contribution in [0.15, 0.2) is 0 Å². The molecule has 1 saturated heterocycles. The first-order chi connectivity index (χ1) is 8.94. The van der Waals surface area contributed by atoms with E-state index in [1.54, 1.807) is 0 Å². The van der Waals surface area contributed by atoms with Crippen molar-refractivity contribution in [3.63, 3.8) is 0 Å². The second-order valence-electron chi connectivity index (χ2n) is 7.12. The summed E-state index contributed by atoms with van der Waals surface area (Å²) in [7, 11) is 0. The first kappa shape index (κ1) is 14.8. The Hall–Kier alpha value is -0.570. The van der Waals surface area contributed by atoms with E-state index in [0.717, 1.165) is 32.4 Å². The lowest BCUT2D eigenvalue weighted by atomic mass is 9.69. The van der Waals surface area contributed by atoms with Crippen LogP contribution in [0.3, 0.4) is 0 Å². The summed E-state index contributed by atoms with van der Waals surface area (Å²) in [5.41, 5.74) is -0.483. The van der Waals surface area contributed by atoms with E-state index >= 15 is 0 Å². The Morgan fingerprint density at radius 1 is 1.26 bits per heavy atom. The molecule has 0 amide bonds. The maximum atomic E-state index is 11.9. The molecule has 4 atom stereocenters. The molecular weight excluding hydrogens is 238 g/mol. The van der Waals surface area contributed by atoms with Crippen LogP contribution in [0.4, 0.5) is 0 Å². The number of carboxylic acid groups (broad SMARTS) is 1. The summed E-state index contributed by atoms with van der Waals surface area (Å²) >= 11 is 0. The van der Waals surface area contributed by atoms with E-state index < -0.39 is 11.4 Å². The van der Waals surface area contributed by atoms with E-state index in [4.69, 9.17) is 0 Å². The van der Waals surface area contributed by atoms with Gasteiger partial charge in [0.15, 0.2) is 0 Å². The number of aliphatic carboxylic acids is 1. The van der Waals surface area contributed by atoms with Crippen LogP contribution in [-0.2, 0) is 4.79 Å². The third kappa shape index (κ3) is 3.13. The third-order valence-corrected chi connectivity index (χ3v) is 5.56. The molecule has 1 saturated carbocycles. The Balaban J connectivity index is 2.10. The van der Waals surface area contributed by atoms with Gasteiger partial charge in [-0.05, 0) is 51.0 Å². The Kier molecular flexibility index (Phi) is 4.54. The van der Waals surface area contributed by atoms with Crippen LogP contribution >= 0.6 is 0 Å². The molecule has 110 valence electrons. The standard InChI is InChI=1S/C16H29NO2/c1-12-6-4-8-16(10-12,15(18)19)11-17-9-5-7-13(2)14(17)3/h12-14H,4-11H2,1-3H3,(H,18,19). The number of carboxylic acids is 1. The summed E-state index contributed by atoms with van der Waals surface area (Å²) in [6, 6.07) is 0.530. The van der Waals surface area contributed by atoms with Gasteiger partial charge in [-0.3, -0.25) is 9.69 Å². The predicted octanol–water partition coefficient (Wildman–Crippen LogP) is 3.39. The van der Waals surface area contributed by atoms with Gasteiger partial charge in [0.1, 0.15) is 0 Å². The van der Waals surface area contributed by atoms with Gasteiger partial charge in [-0.1, -0.05) is 26.7 Å². The number of hydrogen-bond donors (Lipinski definition) is 1. The van der Waals surface area contributed by atoms with Crippen LogP contribution in [-0.4, -0.2) is 35.1 Å². The molecule has 0 radical (unpaired) electrons. The highest BCUT2D eigenvalue weighted by Gasteiger charge is 2.44. The Morgan fingerprint density at radius 2 is 2.00 bits per heavy atom. The van der Waals surface area contributed by atoms with Crippen molar-refractivity contribution in [2.75, 3.05) is 13.1 Å². The highest BCUT2D eigenvalue weighted by Crippen LogP contribution is 2.41. The van der Waals surface area contributed by atoms with Crippen molar-refractivity contribution in [2.24, 2.45) is 17.3 Å². The molecule has 0 bridgehead atoms. The molecule has 2 aliphatic rings. The summed E-state index contributed by atoms with van der Waals surface area (Å²) in [6.45, 7) is 8.62. The minimum absolute atomic E-state index is 0.483.